The van der Waals surface area contributed by atoms with Gasteiger partial charge in [-0.05, 0) is 32.3 Å². The van der Waals surface area contributed by atoms with Gasteiger partial charge in [-0.2, -0.15) is 10.2 Å². The second kappa shape index (κ2) is 6.54. The van der Waals surface area contributed by atoms with E-state index in [1.807, 2.05) is 35.9 Å². The molecule has 2 aliphatic rings. The summed E-state index contributed by atoms with van der Waals surface area (Å²) in [6, 6.07) is 0.159. The van der Waals surface area contributed by atoms with E-state index in [-0.39, 0.29) is 23.8 Å². The topological polar surface area (TPSA) is 68.0 Å². The molecule has 4 rings (SSSR count). The first kappa shape index (κ1) is 17.3. The number of amides is 1. The molecule has 7 nitrogen and oxygen atoms in total. The summed E-state index contributed by atoms with van der Waals surface area (Å²) in [5.41, 5.74) is 4.60. The van der Waals surface area contributed by atoms with Crippen LogP contribution >= 0.6 is 0 Å². The van der Waals surface area contributed by atoms with E-state index in [1.54, 1.807) is 0 Å². The molecule has 0 radical (unpaired) electrons. The van der Waals surface area contributed by atoms with Crippen LogP contribution in [0.25, 0.3) is 0 Å². The standard InChI is InChI=1S/C19H28N6O/c1-12-18(13(2)24(4)22-12)17-6-5-7-25(17)19(26)16-10-20-9-15(16)14-8-21-23(3)11-14/h8,11,15-17,20H,5-7,9-10H2,1-4H3/t15-,16+,17?/m1/s1. The fourth-order valence-corrected chi connectivity index (χ4v) is 4.74. The van der Waals surface area contributed by atoms with Crippen molar-refractivity contribution in [3.63, 3.8) is 0 Å². The number of likely N-dealkylation sites (tertiary alicyclic amines) is 1. The first-order valence-electron chi connectivity index (χ1n) is 9.47. The van der Waals surface area contributed by atoms with Crippen molar-refractivity contribution >= 4 is 5.91 Å². The van der Waals surface area contributed by atoms with Gasteiger partial charge in [0, 0.05) is 57.1 Å². The molecule has 2 aliphatic heterocycles. The van der Waals surface area contributed by atoms with Gasteiger partial charge in [-0.1, -0.05) is 0 Å². The largest absolute Gasteiger partial charge is 0.335 e. The van der Waals surface area contributed by atoms with Crippen LogP contribution in [0.15, 0.2) is 12.4 Å². The first-order chi connectivity index (χ1) is 12.5. The Labute approximate surface area is 154 Å². The van der Waals surface area contributed by atoms with Gasteiger partial charge in [-0.15, -0.1) is 0 Å². The van der Waals surface area contributed by atoms with E-state index in [0.29, 0.717) is 0 Å². The molecule has 2 aromatic heterocycles. The van der Waals surface area contributed by atoms with E-state index in [2.05, 4.69) is 34.3 Å². The number of hydrogen-bond donors (Lipinski definition) is 1. The highest BCUT2D eigenvalue weighted by molar-refractivity contribution is 5.81. The summed E-state index contributed by atoms with van der Waals surface area (Å²) in [6.07, 6.45) is 6.02. The molecule has 2 aromatic rings. The van der Waals surface area contributed by atoms with Crippen LogP contribution in [0, 0.1) is 19.8 Å². The van der Waals surface area contributed by atoms with Gasteiger partial charge in [0.25, 0.3) is 0 Å². The van der Waals surface area contributed by atoms with Crippen molar-refractivity contribution in [2.24, 2.45) is 20.0 Å². The summed E-state index contributed by atoms with van der Waals surface area (Å²) in [7, 11) is 3.90. The minimum Gasteiger partial charge on any atom is -0.335 e. The van der Waals surface area contributed by atoms with Crippen molar-refractivity contribution in [3.05, 3.63) is 34.9 Å². The van der Waals surface area contributed by atoms with Crippen molar-refractivity contribution in [2.45, 2.75) is 38.6 Å². The molecule has 0 saturated carbocycles. The molecular weight excluding hydrogens is 328 g/mol. The molecule has 1 unspecified atom stereocenters. The third kappa shape index (κ3) is 2.74. The second-order valence-electron chi connectivity index (χ2n) is 7.72. The normalized spacial score (nSPS) is 26.0. The Bertz CT molecular complexity index is 822. The molecule has 0 bridgehead atoms. The smallest absolute Gasteiger partial charge is 0.228 e. The van der Waals surface area contributed by atoms with Crippen molar-refractivity contribution < 1.29 is 4.79 Å². The molecule has 0 aliphatic carbocycles. The molecule has 0 aromatic carbocycles. The second-order valence-corrected chi connectivity index (χ2v) is 7.72. The number of carbonyl (C=O) groups excluding carboxylic acids is 1. The molecule has 2 fully saturated rings. The molecule has 26 heavy (non-hydrogen) atoms. The third-order valence-corrected chi connectivity index (χ3v) is 6.12. The van der Waals surface area contributed by atoms with Gasteiger partial charge in [-0.3, -0.25) is 14.2 Å². The number of nitrogens with one attached hydrogen (secondary N) is 1. The van der Waals surface area contributed by atoms with Crippen LogP contribution in [0.5, 0.6) is 0 Å². The van der Waals surface area contributed by atoms with Crippen LogP contribution in [-0.2, 0) is 18.9 Å². The highest BCUT2D eigenvalue weighted by Gasteiger charge is 2.41. The third-order valence-electron chi connectivity index (χ3n) is 6.12. The number of nitrogens with zero attached hydrogens (tertiary/aromatic N) is 5. The van der Waals surface area contributed by atoms with Crippen LogP contribution < -0.4 is 5.32 Å². The first-order valence-corrected chi connectivity index (χ1v) is 9.47. The van der Waals surface area contributed by atoms with Gasteiger partial charge in [0.1, 0.15) is 0 Å². The number of carbonyl (C=O) groups is 1. The lowest BCUT2D eigenvalue weighted by atomic mass is 9.89. The van der Waals surface area contributed by atoms with Gasteiger partial charge in [-0.25, -0.2) is 0 Å². The molecule has 3 atom stereocenters. The Morgan fingerprint density at radius 3 is 2.73 bits per heavy atom. The molecule has 0 spiro atoms. The number of hydrogen-bond acceptors (Lipinski definition) is 4. The van der Waals surface area contributed by atoms with E-state index in [4.69, 9.17) is 0 Å². The summed E-state index contributed by atoms with van der Waals surface area (Å²) >= 11 is 0. The average molecular weight is 356 g/mol. The summed E-state index contributed by atoms with van der Waals surface area (Å²) in [6.45, 7) is 6.58. The molecule has 1 amide bonds. The minimum absolute atomic E-state index is 0.0166. The Morgan fingerprint density at radius 2 is 2.08 bits per heavy atom. The molecule has 140 valence electrons. The van der Waals surface area contributed by atoms with Crippen LogP contribution in [0.1, 0.15) is 47.3 Å². The van der Waals surface area contributed by atoms with Crippen molar-refractivity contribution in [1.82, 2.24) is 29.8 Å². The van der Waals surface area contributed by atoms with Crippen LogP contribution in [0.2, 0.25) is 0 Å². The Kier molecular flexibility index (Phi) is 4.34. The van der Waals surface area contributed by atoms with Crippen molar-refractivity contribution in [3.8, 4) is 0 Å². The van der Waals surface area contributed by atoms with Gasteiger partial charge in [0.05, 0.1) is 23.9 Å². The Morgan fingerprint density at radius 1 is 1.27 bits per heavy atom. The van der Waals surface area contributed by atoms with Crippen molar-refractivity contribution in [1.29, 1.82) is 0 Å². The van der Waals surface area contributed by atoms with Crippen LogP contribution in [0.3, 0.4) is 0 Å². The van der Waals surface area contributed by atoms with Gasteiger partial charge in [0.2, 0.25) is 5.91 Å². The number of rotatable bonds is 3. The molecule has 4 heterocycles. The van der Waals surface area contributed by atoms with Gasteiger partial charge < -0.3 is 10.2 Å². The lowest BCUT2D eigenvalue weighted by Gasteiger charge is -2.29. The van der Waals surface area contributed by atoms with Crippen molar-refractivity contribution in [2.75, 3.05) is 19.6 Å². The van der Waals surface area contributed by atoms with Gasteiger partial charge in [0.15, 0.2) is 0 Å². The van der Waals surface area contributed by atoms with E-state index in [1.165, 1.54) is 11.3 Å². The zero-order valence-corrected chi connectivity index (χ0v) is 16.1. The van der Waals surface area contributed by atoms with Crippen LogP contribution in [-0.4, -0.2) is 50.0 Å². The molecular formula is C19H28N6O. The zero-order chi connectivity index (χ0) is 18.4. The van der Waals surface area contributed by atoms with E-state index < -0.39 is 0 Å². The Balaban J connectivity index is 1.60. The van der Waals surface area contributed by atoms with Gasteiger partial charge >= 0.3 is 0 Å². The summed E-state index contributed by atoms with van der Waals surface area (Å²) in [4.78, 5) is 15.6. The minimum atomic E-state index is -0.0166. The van der Waals surface area contributed by atoms with E-state index >= 15 is 0 Å². The quantitative estimate of drug-likeness (QED) is 0.904. The molecule has 1 N–H and O–H groups in total. The summed E-state index contributed by atoms with van der Waals surface area (Å²) < 4.78 is 3.75. The monoisotopic (exact) mass is 356 g/mol. The maximum absolute atomic E-state index is 13.5. The summed E-state index contributed by atoms with van der Waals surface area (Å²) in [5.74, 6) is 0.458. The summed E-state index contributed by atoms with van der Waals surface area (Å²) in [5, 5.41) is 12.3. The lowest BCUT2D eigenvalue weighted by Crippen LogP contribution is -2.38. The fraction of sp³-hybridized carbons (Fsp3) is 0.632. The zero-order valence-electron chi connectivity index (χ0n) is 16.1. The fourth-order valence-electron chi connectivity index (χ4n) is 4.74. The SMILES string of the molecule is Cc1nn(C)c(C)c1C1CCCN1C(=O)[C@H]1CNC[C@@H]1c1cnn(C)c1. The van der Waals surface area contributed by atoms with Crippen LogP contribution in [0.4, 0.5) is 0 Å². The molecule has 2 saturated heterocycles. The maximum Gasteiger partial charge on any atom is 0.228 e. The van der Waals surface area contributed by atoms with E-state index in [9.17, 15) is 4.79 Å². The lowest BCUT2D eigenvalue weighted by molar-refractivity contribution is -0.136. The predicted molar refractivity (Wildman–Crippen MR) is 98.7 cm³/mol. The Hall–Kier alpha value is -2.15. The maximum atomic E-state index is 13.5. The predicted octanol–water partition coefficient (Wildman–Crippen LogP) is 1.44. The average Bonchev–Trinajstić information content (AvgIpc) is 3.36. The molecule has 7 heteroatoms. The van der Waals surface area contributed by atoms with E-state index in [0.717, 1.165) is 43.7 Å². The number of aryl methyl sites for hydroxylation is 3. The highest BCUT2D eigenvalue weighted by Crippen LogP contribution is 2.38. The number of aromatic nitrogens is 4. The highest BCUT2D eigenvalue weighted by atomic mass is 16.2.